The van der Waals surface area contributed by atoms with E-state index in [4.69, 9.17) is 4.74 Å². The number of fused-ring (bicyclic) bond motifs is 1. The van der Waals surface area contributed by atoms with Gasteiger partial charge in [-0.1, -0.05) is 36.4 Å². The second-order valence-corrected chi connectivity index (χ2v) is 8.41. The topological polar surface area (TPSA) is 100 Å². The third-order valence-corrected chi connectivity index (χ3v) is 6.20. The predicted molar refractivity (Wildman–Crippen MR) is 122 cm³/mol. The summed E-state index contributed by atoms with van der Waals surface area (Å²) in [6.45, 7) is 0.680. The van der Waals surface area contributed by atoms with Crippen LogP contribution >= 0.6 is 11.3 Å². The Morgan fingerprint density at radius 3 is 2.97 bits per heavy atom. The fourth-order valence-electron chi connectivity index (χ4n) is 3.80. The second kappa shape index (κ2) is 8.80. The molecule has 0 aliphatic carbocycles. The first kappa shape index (κ1) is 20.2. The Labute approximate surface area is 188 Å². The largest absolute Gasteiger partial charge is 0.445 e. The molecular formula is C23H21N5O3S. The van der Waals surface area contributed by atoms with E-state index in [-0.39, 0.29) is 12.5 Å². The van der Waals surface area contributed by atoms with Crippen LogP contribution in [-0.2, 0) is 16.1 Å². The van der Waals surface area contributed by atoms with Crippen LogP contribution < -0.4 is 5.32 Å². The molecule has 1 atom stereocenters. The van der Waals surface area contributed by atoms with Crippen LogP contribution in [0.3, 0.4) is 0 Å². The number of benzene rings is 2. The number of imidazole rings is 1. The maximum absolute atomic E-state index is 12.9. The van der Waals surface area contributed by atoms with Crippen molar-refractivity contribution in [2.24, 2.45) is 0 Å². The number of thiazole rings is 1. The van der Waals surface area contributed by atoms with Crippen molar-refractivity contribution < 1.29 is 14.3 Å². The van der Waals surface area contributed by atoms with Gasteiger partial charge in [-0.15, -0.1) is 11.3 Å². The van der Waals surface area contributed by atoms with E-state index in [2.05, 4.69) is 20.3 Å². The highest BCUT2D eigenvalue weighted by Crippen LogP contribution is 2.28. The zero-order valence-electron chi connectivity index (χ0n) is 17.2. The van der Waals surface area contributed by atoms with E-state index in [1.807, 2.05) is 53.9 Å². The second-order valence-electron chi connectivity index (χ2n) is 7.55. The van der Waals surface area contributed by atoms with Crippen molar-refractivity contribution in [3.8, 4) is 11.3 Å². The third-order valence-electron chi connectivity index (χ3n) is 5.45. The zero-order chi connectivity index (χ0) is 21.9. The van der Waals surface area contributed by atoms with E-state index in [1.165, 1.54) is 16.2 Å². The van der Waals surface area contributed by atoms with Gasteiger partial charge in [-0.3, -0.25) is 9.69 Å². The lowest BCUT2D eigenvalue weighted by Crippen LogP contribution is -2.43. The molecule has 0 bridgehead atoms. The number of carbonyl (C=O) groups is 2. The number of likely N-dealkylation sites (tertiary alicyclic amines) is 1. The Kier molecular flexibility index (Phi) is 5.55. The Balaban J connectivity index is 1.22. The van der Waals surface area contributed by atoms with Crippen LogP contribution in [0, 0.1) is 0 Å². The summed E-state index contributed by atoms with van der Waals surface area (Å²) < 4.78 is 5.42. The Morgan fingerprint density at radius 2 is 2.09 bits per heavy atom. The van der Waals surface area contributed by atoms with Gasteiger partial charge in [0, 0.05) is 17.5 Å². The molecule has 1 saturated heterocycles. The average molecular weight is 448 g/mol. The van der Waals surface area contributed by atoms with Crippen molar-refractivity contribution in [3.63, 3.8) is 0 Å². The van der Waals surface area contributed by atoms with E-state index in [0.717, 1.165) is 34.3 Å². The van der Waals surface area contributed by atoms with Crippen LogP contribution in [0.1, 0.15) is 18.4 Å². The van der Waals surface area contributed by atoms with Crippen LogP contribution in [0.2, 0.25) is 0 Å². The number of hydrogen-bond donors (Lipinski definition) is 2. The van der Waals surface area contributed by atoms with Crippen molar-refractivity contribution in [2.45, 2.75) is 25.5 Å². The van der Waals surface area contributed by atoms with Crippen molar-refractivity contribution in [1.29, 1.82) is 0 Å². The Hall–Kier alpha value is -3.72. The fraction of sp³-hybridized carbons (Fsp3) is 0.217. The summed E-state index contributed by atoms with van der Waals surface area (Å²) in [4.78, 5) is 38.8. The highest BCUT2D eigenvalue weighted by molar-refractivity contribution is 7.14. The van der Waals surface area contributed by atoms with Crippen molar-refractivity contribution in [1.82, 2.24) is 19.9 Å². The number of aromatic nitrogens is 3. The van der Waals surface area contributed by atoms with Crippen LogP contribution in [0.4, 0.5) is 9.93 Å². The molecule has 8 nitrogen and oxygen atoms in total. The molecule has 2 aromatic carbocycles. The Bertz CT molecular complexity index is 1250. The molecule has 0 spiro atoms. The normalized spacial score (nSPS) is 15.8. The van der Waals surface area contributed by atoms with Gasteiger partial charge < -0.3 is 15.0 Å². The smallest absolute Gasteiger partial charge is 0.410 e. The lowest BCUT2D eigenvalue weighted by molar-refractivity contribution is -0.120. The minimum absolute atomic E-state index is 0.181. The van der Waals surface area contributed by atoms with Gasteiger partial charge in [-0.2, -0.15) is 0 Å². The van der Waals surface area contributed by atoms with Crippen molar-refractivity contribution >= 4 is 39.5 Å². The SMILES string of the molecule is O=C(Nc1nc(-c2ccc3[nH]cnc3c2)cs1)C1CCCN1C(=O)OCc1ccccc1. The maximum Gasteiger partial charge on any atom is 0.410 e. The molecule has 9 heteroatoms. The third kappa shape index (κ3) is 4.19. The molecule has 1 aliphatic heterocycles. The molecule has 0 radical (unpaired) electrons. The van der Waals surface area contributed by atoms with E-state index in [1.54, 1.807) is 6.33 Å². The van der Waals surface area contributed by atoms with Crippen LogP contribution in [-0.4, -0.2) is 44.4 Å². The predicted octanol–water partition coefficient (Wildman–Crippen LogP) is 4.43. The first-order chi connectivity index (χ1) is 15.7. The zero-order valence-corrected chi connectivity index (χ0v) is 18.0. The molecule has 162 valence electrons. The summed E-state index contributed by atoms with van der Waals surface area (Å²) >= 11 is 1.35. The molecule has 1 fully saturated rings. The number of anilines is 1. The molecule has 2 N–H and O–H groups in total. The number of hydrogen-bond acceptors (Lipinski definition) is 6. The van der Waals surface area contributed by atoms with Crippen LogP contribution in [0.15, 0.2) is 60.2 Å². The summed E-state index contributed by atoms with van der Waals surface area (Å²) in [5, 5.41) is 5.25. The summed E-state index contributed by atoms with van der Waals surface area (Å²) in [6.07, 6.45) is 2.53. The van der Waals surface area contributed by atoms with Crippen molar-refractivity contribution in [3.05, 3.63) is 65.8 Å². The monoisotopic (exact) mass is 447 g/mol. The molecule has 2 aromatic heterocycles. The van der Waals surface area contributed by atoms with Gasteiger partial charge in [0.05, 0.1) is 23.1 Å². The Morgan fingerprint density at radius 1 is 1.22 bits per heavy atom. The maximum atomic E-state index is 12.9. The number of nitrogens with one attached hydrogen (secondary N) is 2. The molecule has 3 heterocycles. The van der Waals surface area contributed by atoms with E-state index in [9.17, 15) is 9.59 Å². The lowest BCUT2D eigenvalue weighted by Gasteiger charge is -2.22. The molecule has 1 aliphatic rings. The van der Waals surface area contributed by atoms with Gasteiger partial charge in [-0.25, -0.2) is 14.8 Å². The van der Waals surface area contributed by atoms with Gasteiger partial charge in [0.1, 0.15) is 12.6 Å². The van der Waals surface area contributed by atoms with E-state index in [0.29, 0.717) is 18.1 Å². The van der Waals surface area contributed by atoms with Gasteiger partial charge >= 0.3 is 6.09 Å². The number of nitrogens with zero attached hydrogens (tertiary/aromatic N) is 3. The molecule has 5 rings (SSSR count). The number of amides is 2. The molecule has 0 saturated carbocycles. The summed E-state index contributed by atoms with van der Waals surface area (Å²) in [6, 6.07) is 14.8. The van der Waals surface area contributed by atoms with Gasteiger partial charge in [0.25, 0.3) is 0 Å². The molecule has 2 amide bonds. The quantitative estimate of drug-likeness (QED) is 0.472. The van der Waals surface area contributed by atoms with Gasteiger partial charge in [0.15, 0.2) is 5.13 Å². The van der Waals surface area contributed by atoms with Gasteiger partial charge in [0.2, 0.25) is 5.91 Å². The number of ether oxygens (including phenoxy) is 1. The number of carbonyl (C=O) groups excluding carboxylic acids is 2. The van der Waals surface area contributed by atoms with Crippen molar-refractivity contribution in [2.75, 3.05) is 11.9 Å². The first-order valence-electron chi connectivity index (χ1n) is 10.3. The first-order valence-corrected chi connectivity index (χ1v) is 11.2. The minimum Gasteiger partial charge on any atom is -0.445 e. The molecule has 1 unspecified atom stereocenters. The fourth-order valence-corrected chi connectivity index (χ4v) is 4.53. The molecular weight excluding hydrogens is 426 g/mol. The average Bonchev–Trinajstić information content (AvgIpc) is 3.58. The number of H-pyrrole nitrogens is 1. The van der Waals surface area contributed by atoms with Gasteiger partial charge in [-0.05, 0) is 30.5 Å². The molecule has 32 heavy (non-hydrogen) atoms. The minimum atomic E-state index is -0.564. The van der Waals surface area contributed by atoms with E-state index < -0.39 is 12.1 Å². The molecule has 4 aromatic rings. The van der Waals surface area contributed by atoms with Crippen LogP contribution in [0.5, 0.6) is 0 Å². The summed E-state index contributed by atoms with van der Waals surface area (Å²) in [5.41, 5.74) is 4.41. The summed E-state index contributed by atoms with van der Waals surface area (Å²) in [7, 11) is 0. The highest BCUT2D eigenvalue weighted by atomic mass is 32.1. The highest BCUT2D eigenvalue weighted by Gasteiger charge is 2.35. The number of aromatic amines is 1. The summed E-state index contributed by atoms with van der Waals surface area (Å²) in [5.74, 6) is -0.247. The lowest BCUT2D eigenvalue weighted by atomic mass is 10.1. The van der Waals surface area contributed by atoms with Crippen LogP contribution in [0.25, 0.3) is 22.3 Å². The van der Waals surface area contributed by atoms with E-state index >= 15 is 0 Å². The number of rotatable bonds is 5. The standard InChI is InChI=1S/C23H21N5O3S/c29-21(20-7-4-10-28(20)23(30)31-12-15-5-2-1-3-6-15)27-22-26-19(13-32-22)16-8-9-17-18(11-16)25-14-24-17/h1-3,5-6,8-9,11,13-14,20H,4,7,10,12H2,(H,24,25)(H,26,27,29).